The largest absolute Gasteiger partial charge is 0.436 e. The van der Waals surface area contributed by atoms with Crippen LogP contribution in [0.5, 0.6) is 0 Å². The van der Waals surface area contributed by atoms with Crippen molar-refractivity contribution in [3.63, 3.8) is 0 Å². The van der Waals surface area contributed by atoms with Gasteiger partial charge in [0.25, 0.3) is 5.91 Å². The number of nitrogens with zero attached hydrogens (tertiary/aromatic N) is 4. The van der Waals surface area contributed by atoms with Gasteiger partial charge in [-0.3, -0.25) is 14.4 Å². The molecular formula is C40H62N6O7. The zero-order valence-electron chi connectivity index (χ0n) is 32.2. The Morgan fingerprint density at radius 3 is 2.42 bits per heavy atom. The SMILES string of the molecule is CC(C)CC[C@H](O)[C@H](CC1CCCCC1)NC(=O)[C@H](Cc1c[nH]cn1)N(C)C(=O)[C@H](Cc1ccccc1)OC(=O)N(C)CCCC(=O)N1CCOCC1. The minimum Gasteiger partial charge on any atom is -0.436 e. The maximum Gasteiger partial charge on any atom is 0.410 e. The Hall–Kier alpha value is -3.97. The van der Waals surface area contributed by atoms with E-state index < -0.39 is 36.3 Å². The third kappa shape index (κ3) is 13.7. The van der Waals surface area contributed by atoms with Crippen molar-refractivity contribution in [3.8, 4) is 0 Å². The Balaban J connectivity index is 1.49. The molecule has 53 heavy (non-hydrogen) atoms. The fourth-order valence-corrected chi connectivity index (χ4v) is 7.21. The molecule has 2 fully saturated rings. The molecule has 0 bridgehead atoms. The van der Waals surface area contributed by atoms with Crippen molar-refractivity contribution in [2.45, 2.75) is 115 Å². The first-order valence-electron chi connectivity index (χ1n) is 19.6. The van der Waals surface area contributed by atoms with Crippen LogP contribution in [-0.2, 0) is 36.7 Å². The van der Waals surface area contributed by atoms with Gasteiger partial charge in [-0.2, -0.15) is 0 Å². The third-order valence-corrected chi connectivity index (χ3v) is 10.6. The van der Waals surface area contributed by atoms with E-state index >= 15 is 0 Å². The number of ether oxygens (including phenoxy) is 2. The van der Waals surface area contributed by atoms with Crippen LogP contribution in [0.3, 0.4) is 0 Å². The van der Waals surface area contributed by atoms with Gasteiger partial charge in [-0.25, -0.2) is 9.78 Å². The van der Waals surface area contributed by atoms with E-state index in [0.717, 1.165) is 37.7 Å². The summed E-state index contributed by atoms with van der Waals surface area (Å²) in [6, 6.07) is 7.84. The second-order valence-corrected chi connectivity index (χ2v) is 15.2. The average Bonchev–Trinajstić information content (AvgIpc) is 3.69. The van der Waals surface area contributed by atoms with E-state index in [1.165, 1.54) is 22.5 Å². The minimum absolute atomic E-state index is 0.0171. The van der Waals surface area contributed by atoms with E-state index in [-0.39, 0.29) is 37.6 Å². The summed E-state index contributed by atoms with van der Waals surface area (Å²) in [5, 5.41) is 14.5. The summed E-state index contributed by atoms with van der Waals surface area (Å²) >= 11 is 0. The molecule has 1 aliphatic heterocycles. The molecule has 13 heteroatoms. The van der Waals surface area contributed by atoms with Crippen molar-refractivity contribution in [2.75, 3.05) is 46.9 Å². The van der Waals surface area contributed by atoms with E-state index in [4.69, 9.17) is 9.47 Å². The van der Waals surface area contributed by atoms with Crippen LogP contribution in [0.1, 0.15) is 89.3 Å². The van der Waals surface area contributed by atoms with Crippen LogP contribution in [0.15, 0.2) is 42.9 Å². The van der Waals surface area contributed by atoms with Gasteiger partial charge in [0.2, 0.25) is 11.8 Å². The molecule has 1 aromatic heterocycles. The standard InChI is InChI=1S/C40H62N6O7/c1-29(2)17-18-35(47)33(24-30-12-7-5-8-13-30)43-38(49)34(26-32-27-41-28-42-32)45(4)39(50)36(25-31-14-9-6-10-15-31)53-40(51)44(3)19-11-16-37(48)46-20-22-52-23-21-46/h6,9-10,14-15,27-30,33-36,47H,5,7-8,11-13,16-26H2,1-4H3,(H,41,42)(H,43,49)/t33-,34-,35-,36-/m0/s1. The zero-order chi connectivity index (χ0) is 38.2. The number of aromatic nitrogens is 2. The lowest BCUT2D eigenvalue weighted by molar-refractivity contribution is -0.146. The molecule has 0 radical (unpaired) electrons. The van der Waals surface area contributed by atoms with Crippen LogP contribution in [0, 0.1) is 11.8 Å². The van der Waals surface area contributed by atoms with Crippen LogP contribution in [0.4, 0.5) is 4.79 Å². The summed E-state index contributed by atoms with van der Waals surface area (Å²) < 4.78 is 11.2. The van der Waals surface area contributed by atoms with Crippen LogP contribution >= 0.6 is 0 Å². The maximum atomic E-state index is 14.4. The molecular weight excluding hydrogens is 676 g/mol. The lowest BCUT2D eigenvalue weighted by Crippen LogP contribution is -2.56. The average molecular weight is 739 g/mol. The predicted molar refractivity (Wildman–Crippen MR) is 202 cm³/mol. The molecule has 294 valence electrons. The minimum atomic E-state index is -1.23. The van der Waals surface area contributed by atoms with Crippen molar-refractivity contribution < 1.29 is 33.8 Å². The maximum absolute atomic E-state index is 14.4. The van der Waals surface area contributed by atoms with Crippen LogP contribution in [0.25, 0.3) is 0 Å². The molecule has 2 heterocycles. The van der Waals surface area contributed by atoms with Gasteiger partial charge >= 0.3 is 6.09 Å². The molecule has 0 spiro atoms. The van der Waals surface area contributed by atoms with Crippen molar-refractivity contribution in [1.82, 2.24) is 30.0 Å². The van der Waals surface area contributed by atoms with Crippen molar-refractivity contribution in [3.05, 3.63) is 54.1 Å². The first kappa shape index (κ1) is 41.8. The molecule has 1 aliphatic carbocycles. The van der Waals surface area contributed by atoms with E-state index in [1.807, 2.05) is 30.3 Å². The number of hydrogen-bond donors (Lipinski definition) is 3. The van der Waals surface area contributed by atoms with E-state index in [2.05, 4.69) is 29.1 Å². The molecule has 4 rings (SSSR count). The van der Waals surface area contributed by atoms with Gasteiger partial charge in [-0.05, 0) is 43.1 Å². The molecule has 0 unspecified atom stereocenters. The Bertz CT molecular complexity index is 1400. The van der Waals surface area contributed by atoms with Gasteiger partial charge in [0.1, 0.15) is 6.04 Å². The zero-order valence-corrected chi connectivity index (χ0v) is 32.2. The lowest BCUT2D eigenvalue weighted by Gasteiger charge is -2.34. The number of morpholine rings is 1. The number of aliphatic hydroxyl groups is 1. The number of hydrogen-bond acceptors (Lipinski definition) is 8. The van der Waals surface area contributed by atoms with Gasteiger partial charge < -0.3 is 39.6 Å². The Labute approximate surface area is 315 Å². The number of carbonyl (C=O) groups excluding carboxylic acids is 4. The molecule has 4 amide bonds. The van der Waals surface area contributed by atoms with Gasteiger partial charge in [0.05, 0.1) is 37.4 Å². The van der Waals surface area contributed by atoms with Crippen molar-refractivity contribution in [2.24, 2.45) is 11.8 Å². The van der Waals surface area contributed by atoms with Gasteiger partial charge in [0.15, 0.2) is 6.10 Å². The molecule has 4 atom stereocenters. The summed E-state index contributed by atoms with van der Waals surface area (Å²) in [6.07, 6.45) is 9.26. The highest BCUT2D eigenvalue weighted by Crippen LogP contribution is 2.29. The summed E-state index contributed by atoms with van der Waals surface area (Å²) in [7, 11) is 3.14. The number of benzene rings is 1. The number of nitrogens with one attached hydrogen (secondary N) is 2. The van der Waals surface area contributed by atoms with E-state index in [1.54, 1.807) is 25.2 Å². The predicted octanol–water partition coefficient (Wildman–Crippen LogP) is 4.35. The Kier molecular flexibility index (Phi) is 17.1. The van der Waals surface area contributed by atoms with Gasteiger partial charge in [0, 0.05) is 59.2 Å². The number of amides is 4. The fourth-order valence-electron chi connectivity index (χ4n) is 7.21. The van der Waals surface area contributed by atoms with Crippen LogP contribution in [-0.4, -0.2) is 125 Å². The molecule has 1 saturated carbocycles. The molecule has 1 aromatic carbocycles. The monoisotopic (exact) mass is 738 g/mol. The number of rotatable bonds is 19. The number of carbonyl (C=O) groups is 4. The third-order valence-electron chi connectivity index (χ3n) is 10.6. The molecule has 2 aromatic rings. The topological polar surface area (TPSA) is 157 Å². The lowest BCUT2D eigenvalue weighted by atomic mass is 9.83. The number of H-pyrrole nitrogens is 1. The molecule has 2 aliphatic rings. The summed E-state index contributed by atoms with van der Waals surface area (Å²) in [5.41, 5.74) is 1.39. The van der Waals surface area contributed by atoms with Gasteiger partial charge in [-0.15, -0.1) is 0 Å². The first-order valence-corrected chi connectivity index (χ1v) is 19.6. The van der Waals surface area contributed by atoms with E-state index in [0.29, 0.717) is 63.1 Å². The first-order chi connectivity index (χ1) is 25.5. The van der Waals surface area contributed by atoms with E-state index in [9.17, 15) is 24.3 Å². The van der Waals surface area contributed by atoms with Crippen LogP contribution in [0.2, 0.25) is 0 Å². The number of imidazole rings is 1. The summed E-state index contributed by atoms with van der Waals surface area (Å²) in [6.45, 7) is 6.67. The second kappa shape index (κ2) is 21.7. The Morgan fingerprint density at radius 1 is 1.04 bits per heavy atom. The fraction of sp³-hybridized carbons (Fsp3) is 0.675. The van der Waals surface area contributed by atoms with Crippen molar-refractivity contribution in [1.29, 1.82) is 0 Å². The normalized spacial score (nSPS) is 17.4. The number of aliphatic hydroxyl groups excluding tert-OH is 1. The molecule has 13 nitrogen and oxygen atoms in total. The summed E-state index contributed by atoms with van der Waals surface area (Å²) in [5.74, 6) is -0.0784. The Morgan fingerprint density at radius 2 is 1.75 bits per heavy atom. The quantitative estimate of drug-likeness (QED) is 0.192. The number of likely N-dealkylation sites (N-methyl/N-ethyl adjacent to an activating group) is 1. The highest BCUT2D eigenvalue weighted by atomic mass is 16.6. The summed E-state index contributed by atoms with van der Waals surface area (Å²) in [4.78, 5) is 66.5. The van der Waals surface area contributed by atoms with Gasteiger partial charge in [-0.1, -0.05) is 76.3 Å². The second-order valence-electron chi connectivity index (χ2n) is 15.2. The number of aromatic amines is 1. The highest BCUT2D eigenvalue weighted by Gasteiger charge is 2.36. The van der Waals surface area contributed by atoms with Crippen molar-refractivity contribution >= 4 is 23.8 Å². The molecule has 1 saturated heterocycles. The van der Waals surface area contributed by atoms with Crippen LogP contribution < -0.4 is 5.32 Å². The highest BCUT2D eigenvalue weighted by molar-refractivity contribution is 5.90. The molecule has 3 N–H and O–H groups in total. The smallest absolute Gasteiger partial charge is 0.410 e.